The summed E-state index contributed by atoms with van der Waals surface area (Å²) in [7, 11) is 0. The highest BCUT2D eigenvalue weighted by Gasteiger charge is 2.14. The van der Waals surface area contributed by atoms with Crippen LogP contribution in [0.1, 0.15) is 6.92 Å². The molecule has 4 heteroatoms. The van der Waals surface area contributed by atoms with Gasteiger partial charge in [0.05, 0.1) is 11.5 Å². The fourth-order valence-electron chi connectivity index (χ4n) is 0.725. The van der Waals surface area contributed by atoms with Gasteiger partial charge in [-0.2, -0.15) is 0 Å². The average molecular weight is 189 g/mol. The fourth-order valence-corrected chi connectivity index (χ4v) is 0.798. The van der Waals surface area contributed by atoms with Crippen molar-refractivity contribution in [1.29, 1.82) is 0 Å². The lowest BCUT2D eigenvalue weighted by atomic mass is 10.2. The first kappa shape index (κ1) is 9.29. The second kappa shape index (κ2) is 3.74. The molecule has 2 atom stereocenters. The Morgan fingerprint density at radius 3 is 2.75 bits per heavy atom. The molecule has 0 aliphatic carbocycles. The first-order valence-corrected chi connectivity index (χ1v) is 3.97. The molecule has 0 radical (unpaired) electrons. The van der Waals surface area contributed by atoms with Crippen molar-refractivity contribution in [2.24, 2.45) is 0 Å². The number of aliphatic hydroxyl groups excluding tert-OH is 1. The van der Waals surface area contributed by atoms with Crippen LogP contribution in [0.5, 0.6) is 0 Å². The first-order valence-electron chi connectivity index (χ1n) is 3.53. The van der Waals surface area contributed by atoms with Crippen molar-refractivity contribution in [3.05, 3.63) is 24.0 Å². The van der Waals surface area contributed by atoms with Crippen molar-refractivity contribution >= 4 is 17.6 Å². The van der Waals surface area contributed by atoms with E-state index in [2.05, 4.69) is 4.74 Å². The van der Waals surface area contributed by atoms with Crippen LogP contribution in [0.2, 0.25) is 0 Å². The summed E-state index contributed by atoms with van der Waals surface area (Å²) < 4.78 is 4.67. The monoisotopic (exact) mass is 188 g/mol. The summed E-state index contributed by atoms with van der Waals surface area (Å²) in [5, 5.41) is 8.84. The number of cyclic esters (lactones) is 1. The van der Waals surface area contributed by atoms with Gasteiger partial charge in [-0.1, -0.05) is 0 Å². The largest absolute Gasteiger partial charge is 0.424 e. The number of esters is 1. The Morgan fingerprint density at radius 2 is 2.33 bits per heavy atom. The summed E-state index contributed by atoms with van der Waals surface area (Å²) in [6.45, 7) is 1.66. The molecule has 12 heavy (non-hydrogen) atoms. The zero-order chi connectivity index (χ0) is 9.14. The minimum absolute atomic E-state index is 0.347. The molecule has 0 bridgehead atoms. The second-order valence-corrected chi connectivity index (χ2v) is 3.18. The highest BCUT2D eigenvalue weighted by atomic mass is 35.5. The minimum Gasteiger partial charge on any atom is -0.424 e. The first-order chi connectivity index (χ1) is 5.59. The van der Waals surface area contributed by atoms with E-state index in [-0.39, 0.29) is 0 Å². The molecule has 66 valence electrons. The third-order valence-electron chi connectivity index (χ3n) is 1.41. The average Bonchev–Trinajstić information content (AvgIpc) is 2.35. The second-order valence-electron chi connectivity index (χ2n) is 2.49. The molecule has 0 saturated carbocycles. The van der Waals surface area contributed by atoms with Crippen LogP contribution in [-0.2, 0) is 9.53 Å². The van der Waals surface area contributed by atoms with Crippen LogP contribution in [0.25, 0.3) is 0 Å². The third-order valence-corrected chi connectivity index (χ3v) is 1.67. The molecule has 1 aliphatic rings. The molecule has 0 aromatic heterocycles. The predicted molar refractivity (Wildman–Crippen MR) is 44.6 cm³/mol. The van der Waals surface area contributed by atoms with Crippen molar-refractivity contribution in [1.82, 2.24) is 0 Å². The molecule has 0 aromatic carbocycles. The number of halogens is 1. The van der Waals surface area contributed by atoms with E-state index >= 15 is 0 Å². The van der Waals surface area contributed by atoms with Crippen molar-refractivity contribution in [3.63, 3.8) is 0 Å². The van der Waals surface area contributed by atoms with Gasteiger partial charge in [-0.25, -0.2) is 4.79 Å². The van der Waals surface area contributed by atoms with Crippen LogP contribution < -0.4 is 0 Å². The number of allylic oxidation sites excluding steroid dienone is 1. The molecule has 0 amide bonds. The zero-order valence-corrected chi connectivity index (χ0v) is 7.28. The van der Waals surface area contributed by atoms with Crippen molar-refractivity contribution in [2.45, 2.75) is 18.4 Å². The van der Waals surface area contributed by atoms with E-state index in [1.807, 2.05) is 0 Å². The summed E-state index contributed by atoms with van der Waals surface area (Å²) in [6.07, 6.45) is 3.39. The summed E-state index contributed by atoms with van der Waals surface area (Å²) >= 11 is 5.58. The maximum absolute atomic E-state index is 10.5. The van der Waals surface area contributed by atoms with Gasteiger partial charge in [0, 0.05) is 6.08 Å². The maximum Gasteiger partial charge on any atom is 0.336 e. The SMILES string of the molecule is CC(Cl)C(O)C=C1C=CC(=O)O1. The molecule has 1 heterocycles. The van der Waals surface area contributed by atoms with Gasteiger partial charge in [-0.3, -0.25) is 0 Å². The molecule has 1 N–H and O–H groups in total. The Labute approximate surface area is 75.3 Å². The van der Waals surface area contributed by atoms with Gasteiger partial charge in [-0.05, 0) is 19.1 Å². The standard InChI is InChI=1S/C8H9ClO3/c1-5(9)7(10)4-6-2-3-8(11)12-6/h2-5,7,10H,1H3. The smallest absolute Gasteiger partial charge is 0.336 e. The number of hydrogen-bond donors (Lipinski definition) is 1. The third kappa shape index (κ3) is 2.36. The van der Waals surface area contributed by atoms with Gasteiger partial charge in [0.25, 0.3) is 0 Å². The quantitative estimate of drug-likeness (QED) is 0.519. The lowest BCUT2D eigenvalue weighted by molar-refractivity contribution is -0.132. The highest BCUT2D eigenvalue weighted by molar-refractivity contribution is 6.20. The Balaban J connectivity index is 2.59. The Kier molecular flexibility index (Phi) is 2.89. The molecule has 0 fully saturated rings. The molecule has 1 rings (SSSR count). The van der Waals surface area contributed by atoms with Crippen molar-refractivity contribution in [2.75, 3.05) is 0 Å². The van der Waals surface area contributed by atoms with E-state index in [9.17, 15) is 9.90 Å². The number of aliphatic hydroxyl groups is 1. The Morgan fingerprint density at radius 1 is 1.67 bits per heavy atom. The van der Waals surface area contributed by atoms with E-state index in [0.717, 1.165) is 0 Å². The van der Waals surface area contributed by atoms with Crippen LogP contribution in [0.3, 0.4) is 0 Å². The molecule has 0 spiro atoms. The molecule has 2 unspecified atom stereocenters. The number of carbonyl (C=O) groups excluding carboxylic acids is 1. The van der Waals surface area contributed by atoms with Gasteiger partial charge in [-0.15, -0.1) is 11.6 Å². The highest BCUT2D eigenvalue weighted by Crippen LogP contribution is 2.12. The van der Waals surface area contributed by atoms with Crippen LogP contribution in [0.4, 0.5) is 0 Å². The van der Waals surface area contributed by atoms with Crippen LogP contribution in [-0.4, -0.2) is 22.6 Å². The molecule has 1 aliphatic heterocycles. The normalized spacial score (nSPS) is 24.2. The molecule has 3 nitrogen and oxygen atoms in total. The maximum atomic E-state index is 10.5. The number of rotatable bonds is 2. The van der Waals surface area contributed by atoms with Crippen molar-refractivity contribution < 1.29 is 14.6 Å². The van der Waals surface area contributed by atoms with E-state index in [4.69, 9.17) is 11.6 Å². The minimum atomic E-state index is -0.794. The fraction of sp³-hybridized carbons (Fsp3) is 0.375. The number of alkyl halides is 1. The van der Waals surface area contributed by atoms with Crippen LogP contribution in [0.15, 0.2) is 24.0 Å². The lowest BCUT2D eigenvalue weighted by Crippen LogP contribution is -2.14. The van der Waals surface area contributed by atoms with Gasteiger partial charge in [0.1, 0.15) is 5.76 Å². The predicted octanol–water partition coefficient (Wildman–Crippen LogP) is 0.972. The summed E-state index contributed by atoms with van der Waals surface area (Å²) in [6, 6.07) is 0. The molecule has 0 saturated heterocycles. The molecular weight excluding hydrogens is 180 g/mol. The summed E-state index contributed by atoms with van der Waals surface area (Å²) in [5.41, 5.74) is 0. The van der Waals surface area contributed by atoms with E-state index in [1.54, 1.807) is 6.92 Å². The lowest BCUT2D eigenvalue weighted by Gasteiger charge is -2.07. The molecule has 0 aromatic rings. The van der Waals surface area contributed by atoms with E-state index < -0.39 is 17.5 Å². The Bertz CT molecular complexity index is 243. The van der Waals surface area contributed by atoms with Crippen LogP contribution >= 0.6 is 11.6 Å². The number of hydrogen-bond acceptors (Lipinski definition) is 3. The summed E-state index contributed by atoms with van der Waals surface area (Å²) in [5.74, 6) is -0.0734. The zero-order valence-electron chi connectivity index (χ0n) is 6.53. The number of ether oxygens (including phenoxy) is 1. The van der Waals surface area contributed by atoms with E-state index in [0.29, 0.717) is 5.76 Å². The van der Waals surface area contributed by atoms with Crippen molar-refractivity contribution in [3.8, 4) is 0 Å². The summed E-state index contributed by atoms with van der Waals surface area (Å²) in [4.78, 5) is 10.5. The Hall–Kier alpha value is -0.800. The number of carbonyl (C=O) groups is 1. The van der Waals surface area contributed by atoms with Gasteiger partial charge in [0.2, 0.25) is 0 Å². The molecular formula is C8H9ClO3. The van der Waals surface area contributed by atoms with Gasteiger partial charge < -0.3 is 9.84 Å². The van der Waals surface area contributed by atoms with Gasteiger partial charge >= 0.3 is 5.97 Å². The topological polar surface area (TPSA) is 46.5 Å². The van der Waals surface area contributed by atoms with Crippen LogP contribution in [0, 0.1) is 0 Å². The van der Waals surface area contributed by atoms with E-state index in [1.165, 1.54) is 18.2 Å². The van der Waals surface area contributed by atoms with Gasteiger partial charge in [0.15, 0.2) is 0 Å².